The number of nitrogens with zero attached hydrogens (tertiary/aromatic N) is 1. The van der Waals surface area contributed by atoms with E-state index in [0.29, 0.717) is 24.2 Å². The first-order valence-electron chi connectivity index (χ1n) is 6.79. The van der Waals surface area contributed by atoms with Crippen molar-refractivity contribution >= 4 is 15.9 Å². The van der Waals surface area contributed by atoms with E-state index in [2.05, 4.69) is 4.40 Å². The Kier molecular flexibility index (Phi) is 3.08. The summed E-state index contributed by atoms with van der Waals surface area (Å²) in [6, 6.07) is 0. The van der Waals surface area contributed by atoms with Crippen LogP contribution in [0.4, 0.5) is 13.2 Å². The largest absolute Gasteiger partial charge is 0.861 e. The highest BCUT2D eigenvalue weighted by Gasteiger charge is 2.54. The Morgan fingerprint density at radius 2 is 1.75 bits per heavy atom. The summed E-state index contributed by atoms with van der Waals surface area (Å²) in [7, 11) is -5.70. The monoisotopic (exact) mass is 310 g/mol. The number of hydrogen-bond donors (Lipinski definition) is 0. The van der Waals surface area contributed by atoms with Gasteiger partial charge in [-0.15, -0.1) is 0 Å². The first-order chi connectivity index (χ1) is 9.21. The SMILES string of the molecule is O=S(=O)(/N=C(\[O-])C1CC2CC1C1CCCC21)C(F)(F)F. The maximum atomic E-state index is 12.2. The summed E-state index contributed by atoms with van der Waals surface area (Å²) < 4.78 is 61.1. The highest BCUT2D eigenvalue weighted by Crippen LogP contribution is 2.60. The van der Waals surface area contributed by atoms with Crippen LogP contribution in [0, 0.1) is 29.6 Å². The van der Waals surface area contributed by atoms with Gasteiger partial charge in [0.15, 0.2) is 0 Å². The molecule has 5 unspecified atom stereocenters. The van der Waals surface area contributed by atoms with Gasteiger partial charge in [0.05, 0.1) is 0 Å². The number of alkyl halides is 3. The van der Waals surface area contributed by atoms with Crippen LogP contribution in [-0.2, 0) is 10.0 Å². The molecule has 3 fully saturated rings. The fourth-order valence-electron chi connectivity index (χ4n) is 4.59. The zero-order valence-corrected chi connectivity index (χ0v) is 11.5. The van der Waals surface area contributed by atoms with Gasteiger partial charge in [0.25, 0.3) is 0 Å². The molecule has 3 saturated carbocycles. The number of sulfonamides is 1. The van der Waals surface area contributed by atoms with Crippen LogP contribution in [0.15, 0.2) is 4.40 Å². The molecule has 3 aliphatic rings. The standard InChI is InChI=1S/C12H16F3NO3S/c13-12(14,15)20(18,19)16-11(17)10-5-6-4-9(10)8-3-1-2-7(6)8/h6-10H,1-5H2,(H,16,17)/p-1. The lowest BCUT2D eigenvalue weighted by Gasteiger charge is -2.34. The van der Waals surface area contributed by atoms with Crippen LogP contribution in [0.1, 0.15) is 32.1 Å². The van der Waals surface area contributed by atoms with E-state index in [-0.39, 0.29) is 5.92 Å². The second-order valence-corrected chi connectivity index (χ2v) is 7.71. The van der Waals surface area contributed by atoms with Crippen LogP contribution in [-0.4, -0.2) is 19.8 Å². The summed E-state index contributed by atoms with van der Waals surface area (Å²) in [6.07, 6.45) is 4.57. The van der Waals surface area contributed by atoms with E-state index in [1.165, 1.54) is 0 Å². The van der Waals surface area contributed by atoms with Crippen molar-refractivity contribution in [2.75, 3.05) is 0 Å². The van der Waals surface area contributed by atoms with E-state index < -0.39 is 27.3 Å². The normalized spacial score (nSPS) is 41.1. The summed E-state index contributed by atoms with van der Waals surface area (Å²) in [5.74, 6) is -0.358. The van der Waals surface area contributed by atoms with Crippen LogP contribution in [0.3, 0.4) is 0 Å². The Morgan fingerprint density at radius 3 is 2.40 bits per heavy atom. The van der Waals surface area contributed by atoms with Gasteiger partial charge < -0.3 is 5.11 Å². The zero-order valence-electron chi connectivity index (χ0n) is 10.6. The fraction of sp³-hybridized carbons (Fsp3) is 0.917. The Morgan fingerprint density at radius 1 is 1.10 bits per heavy atom. The molecule has 5 atom stereocenters. The lowest BCUT2D eigenvalue weighted by molar-refractivity contribution is -0.226. The van der Waals surface area contributed by atoms with E-state index in [9.17, 15) is 26.7 Å². The summed E-state index contributed by atoms with van der Waals surface area (Å²) in [5.41, 5.74) is -5.49. The average molecular weight is 310 g/mol. The Labute approximate surface area is 115 Å². The molecule has 0 aliphatic heterocycles. The molecule has 3 aliphatic carbocycles. The van der Waals surface area contributed by atoms with Gasteiger partial charge in [-0.1, -0.05) is 6.42 Å². The van der Waals surface area contributed by atoms with Crippen molar-refractivity contribution in [3.8, 4) is 0 Å². The van der Waals surface area contributed by atoms with Crippen molar-refractivity contribution in [1.29, 1.82) is 0 Å². The molecule has 0 spiro atoms. The van der Waals surface area contributed by atoms with Crippen molar-refractivity contribution in [2.24, 2.45) is 34.0 Å². The second-order valence-electron chi connectivity index (χ2n) is 6.11. The van der Waals surface area contributed by atoms with E-state index in [1.54, 1.807) is 0 Å². The predicted molar refractivity (Wildman–Crippen MR) is 62.9 cm³/mol. The molecular formula is C12H15F3NO3S-. The summed E-state index contributed by atoms with van der Waals surface area (Å²) >= 11 is 0. The lowest BCUT2D eigenvalue weighted by Crippen LogP contribution is -2.38. The lowest BCUT2D eigenvalue weighted by atomic mass is 9.76. The van der Waals surface area contributed by atoms with Crippen LogP contribution in [0.5, 0.6) is 0 Å². The van der Waals surface area contributed by atoms with Gasteiger partial charge in [0.2, 0.25) is 0 Å². The van der Waals surface area contributed by atoms with Crippen molar-refractivity contribution in [3.05, 3.63) is 0 Å². The molecule has 8 heteroatoms. The molecule has 0 N–H and O–H groups in total. The van der Waals surface area contributed by atoms with Gasteiger partial charge >= 0.3 is 15.5 Å². The highest BCUT2D eigenvalue weighted by molar-refractivity contribution is 7.91. The minimum Gasteiger partial charge on any atom is -0.861 e. The molecular weight excluding hydrogens is 295 g/mol. The molecule has 20 heavy (non-hydrogen) atoms. The van der Waals surface area contributed by atoms with E-state index >= 15 is 0 Å². The summed E-state index contributed by atoms with van der Waals surface area (Å²) in [4.78, 5) is 0. The van der Waals surface area contributed by atoms with Crippen molar-refractivity contribution in [3.63, 3.8) is 0 Å². The average Bonchev–Trinajstić information content (AvgIpc) is 2.99. The number of fused-ring (bicyclic) bond motifs is 5. The fourth-order valence-corrected chi connectivity index (χ4v) is 5.07. The maximum Gasteiger partial charge on any atom is 0.518 e. The molecule has 0 heterocycles. The first kappa shape index (κ1) is 14.2. The van der Waals surface area contributed by atoms with Gasteiger partial charge in [-0.25, -0.2) is 0 Å². The van der Waals surface area contributed by atoms with E-state index in [4.69, 9.17) is 0 Å². The summed E-state index contributed by atoms with van der Waals surface area (Å²) in [5, 5.41) is 11.8. The van der Waals surface area contributed by atoms with Crippen molar-refractivity contribution < 1.29 is 26.7 Å². The molecule has 0 saturated heterocycles. The Balaban J connectivity index is 1.82. The maximum absolute atomic E-state index is 12.2. The third-order valence-electron chi connectivity index (χ3n) is 5.25. The quantitative estimate of drug-likeness (QED) is 0.575. The van der Waals surface area contributed by atoms with Crippen LogP contribution in [0.25, 0.3) is 0 Å². The zero-order chi connectivity index (χ0) is 14.7. The van der Waals surface area contributed by atoms with E-state index in [1.807, 2.05) is 0 Å². The van der Waals surface area contributed by atoms with E-state index in [0.717, 1.165) is 25.7 Å². The number of hydrogen-bond acceptors (Lipinski definition) is 3. The molecule has 3 rings (SSSR count). The molecule has 114 valence electrons. The van der Waals surface area contributed by atoms with Gasteiger partial charge in [-0.05, 0) is 61.2 Å². The molecule has 0 radical (unpaired) electrons. The highest BCUT2D eigenvalue weighted by atomic mass is 32.2. The number of rotatable bonds is 2. The van der Waals surface area contributed by atoms with Crippen LogP contribution in [0.2, 0.25) is 0 Å². The molecule has 0 aromatic heterocycles. The van der Waals surface area contributed by atoms with Gasteiger partial charge in [-0.2, -0.15) is 26.0 Å². The van der Waals surface area contributed by atoms with Gasteiger partial charge in [-0.3, -0.25) is 0 Å². The summed E-state index contributed by atoms with van der Waals surface area (Å²) in [6.45, 7) is 0. The van der Waals surface area contributed by atoms with Crippen LogP contribution >= 0.6 is 0 Å². The van der Waals surface area contributed by atoms with Crippen molar-refractivity contribution in [1.82, 2.24) is 0 Å². The van der Waals surface area contributed by atoms with Crippen LogP contribution < -0.4 is 5.11 Å². The Hall–Kier alpha value is -0.790. The van der Waals surface area contributed by atoms with Gasteiger partial charge in [0, 0.05) is 0 Å². The minimum atomic E-state index is -5.70. The number of halogens is 3. The molecule has 4 nitrogen and oxygen atoms in total. The molecule has 0 aromatic rings. The molecule has 0 aromatic carbocycles. The Bertz CT molecular complexity index is 543. The van der Waals surface area contributed by atoms with Crippen molar-refractivity contribution in [2.45, 2.75) is 37.6 Å². The van der Waals surface area contributed by atoms with Gasteiger partial charge in [0.1, 0.15) is 0 Å². The first-order valence-corrected chi connectivity index (χ1v) is 8.23. The smallest absolute Gasteiger partial charge is 0.518 e. The predicted octanol–water partition coefficient (Wildman–Crippen LogP) is 1.67. The second kappa shape index (κ2) is 4.35. The third kappa shape index (κ3) is 2.03. The molecule has 0 amide bonds. The molecule has 2 bridgehead atoms. The topological polar surface area (TPSA) is 69.6 Å². The third-order valence-corrected chi connectivity index (χ3v) is 6.25. The minimum absolute atomic E-state index is 0.0344.